The fraction of sp³-hybridized carbons (Fsp3) is 0.769. The van der Waals surface area contributed by atoms with Crippen molar-refractivity contribution < 1.29 is 13.2 Å². The lowest BCUT2D eigenvalue weighted by Gasteiger charge is -2.14. The van der Waals surface area contributed by atoms with Crippen LogP contribution in [0.4, 0.5) is 0 Å². The Kier molecular flexibility index (Phi) is 6.76. The third kappa shape index (κ3) is 6.24. The van der Waals surface area contributed by atoms with Crippen molar-refractivity contribution in [2.24, 2.45) is 5.92 Å². The second-order valence-electron chi connectivity index (χ2n) is 5.91. The molecule has 6 nitrogen and oxygen atoms in total. The molecule has 0 bridgehead atoms. The van der Waals surface area contributed by atoms with E-state index in [1.54, 1.807) is 18.7 Å². The Balaban J connectivity index is 1.81. The molecule has 0 spiro atoms. The van der Waals surface area contributed by atoms with Crippen LogP contribution in [-0.2, 0) is 14.6 Å². The van der Waals surface area contributed by atoms with E-state index in [1.807, 2.05) is 0 Å². The number of rotatable bonds is 7. The Labute approximate surface area is 149 Å². The lowest BCUT2D eigenvalue weighted by atomic mass is 10.2. The van der Waals surface area contributed by atoms with E-state index >= 15 is 0 Å². The van der Waals surface area contributed by atoms with Crippen molar-refractivity contribution in [3.8, 4) is 0 Å². The summed E-state index contributed by atoms with van der Waals surface area (Å²) in [4.78, 5) is 12.2. The number of hydrogen-bond donors (Lipinski definition) is 1. The molecule has 0 radical (unpaired) electrons. The fourth-order valence-electron chi connectivity index (χ4n) is 1.97. The predicted octanol–water partition coefficient (Wildman–Crippen LogP) is 2.07. The summed E-state index contributed by atoms with van der Waals surface area (Å²) >= 11 is 4.53. The van der Waals surface area contributed by atoms with E-state index in [-0.39, 0.29) is 28.7 Å². The van der Waals surface area contributed by atoms with Crippen molar-refractivity contribution in [2.45, 2.75) is 47.2 Å². The summed E-state index contributed by atoms with van der Waals surface area (Å²) < 4.78 is 24.5. The van der Waals surface area contributed by atoms with E-state index in [9.17, 15) is 13.2 Å². The summed E-state index contributed by atoms with van der Waals surface area (Å²) in [5.74, 6) is 1.64. The van der Waals surface area contributed by atoms with E-state index in [2.05, 4.69) is 29.4 Å². The normalized spacial score (nSPS) is 21.5. The summed E-state index contributed by atoms with van der Waals surface area (Å²) in [6, 6.07) is -0.262. The molecule has 1 aliphatic rings. The van der Waals surface area contributed by atoms with Gasteiger partial charge in [-0.15, -0.1) is 10.2 Å². The summed E-state index contributed by atoms with van der Waals surface area (Å²) in [7, 11) is -2.98. The van der Waals surface area contributed by atoms with Crippen LogP contribution in [0, 0.1) is 5.92 Å². The van der Waals surface area contributed by atoms with Crippen molar-refractivity contribution in [1.29, 1.82) is 0 Å². The molecule has 2 rings (SSSR count). The first-order valence-corrected chi connectivity index (χ1v) is 11.9. The molecule has 1 saturated heterocycles. The molecule has 0 aliphatic carbocycles. The molecule has 0 aromatic carbocycles. The third-order valence-corrected chi connectivity index (χ3v) is 8.59. The predicted molar refractivity (Wildman–Crippen MR) is 96.0 cm³/mol. The van der Waals surface area contributed by atoms with Crippen LogP contribution in [0.2, 0.25) is 0 Å². The minimum atomic E-state index is -2.98. The number of thioether (sulfide) groups is 2. The molecule has 1 fully saturated rings. The molecule has 1 amide bonds. The lowest BCUT2D eigenvalue weighted by Crippen LogP contribution is -2.39. The number of carbonyl (C=O) groups excluding carboxylic acids is 1. The average Bonchev–Trinajstić information content (AvgIpc) is 3.03. The highest BCUT2D eigenvalue weighted by Crippen LogP contribution is 2.32. The van der Waals surface area contributed by atoms with Gasteiger partial charge in [-0.25, -0.2) is 8.42 Å². The second kappa shape index (κ2) is 8.17. The van der Waals surface area contributed by atoms with Gasteiger partial charge in [-0.2, -0.15) is 0 Å². The van der Waals surface area contributed by atoms with Crippen LogP contribution in [0.3, 0.4) is 0 Å². The minimum absolute atomic E-state index is 0.0466. The van der Waals surface area contributed by atoms with Crippen LogP contribution in [0.1, 0.15) is 27.2 Å². The molecule has 1 aliphatic heterocycles. The maximum atomic E-state index is 12.2. The molecular formula is C13H21N3O3S4. The summed E-state index contributed by atoms with van der Waals surface area (Å²) in [6.07, 6.45) is 0.500. The van der Waals surface area contributed by atoms with Crippen molar-refractivity contribution in [1.82, 2.24) is 15.5 Å². The van der Waals surface area contributed by atoms with Crippen LogP contribution in [0.5, 0.6) is 0 Å². The van der Waals surface area contributed by atoms with Crippen molar-refractivity contribution in [3.05, 3.63) is 0 Å². The molecule has 0 unspecified atom stereocenters. The highest BCUT2D eigenvalue weighted by atomic mass is 32.2. The maximum absolute atomic E-state index is 12.2. The molecule has 1 aromatic rings. The molecule has 0 saturated carbocycles. The van der Waals surface area contributed by atoms with Gasteiger partial charge in [0.25, 0.3) is 0 Å². The third-order valence-electron chi connectivity index (χ3n) is 3.15. The van der Waals surface area contributed by atoms with Gasteiger partial charge in [0.1, 0.15) is 0 Å². The van der Waals surface area contributed by atoms with E-state index in [4.69, 9.17) is 0 Å². The fourth-order valence-corrected chi connectivity index (χ4v) is 6.80. The topological polar surface area (TPSA) is 89.0 Å². The molecular weight excluding hydrogens is 374 g/mol. The summed E-state index contributed by atoms with van der Waals surface area (Å²) in [6.45, 7) is 6.10. The van der Waals surface area contributed by atoms with Gasteiger partial charge in [-0.1, -0.05) is 48.7 Å². The van der Waals surface area contributed by atoms with Gasteiger partial charge in [0.15, 0.2) is 18.5 Å². The Hall–Kier alpha value is -0.320. The van der Waals surface area contributed by atoms with Crippen molar-refractivity contribution in [2.75, 3.05) is 17.3 Å². The van der Waals surface area contributed by atoms with Crippen molar-refractivity contribution in [3.63, 3.8) is 0 Å². The largest absolute Gasteiger partial charge is 0.351 e. The smallest absolute Gasteiger partial charge is 0.233 e. The van der Waals surface area contributed by atoms with Crippen LogP contribution >= 0.6 is 34.9 Å². The second-order valence-corrected chi connectivity index (χ2v) is 12.0. The van der Waals surface area contributed by atoms with Crippen LogP contribution in [0.25, 0.3) is 0 Å². The highest BCUT2D eigenvalue weighted by molar-refractivity contribution is 8.03. The zero-order chi connectivity index (χ0) is 17.0. The number of sulfone groups is 1. The van der Waals surface area contributed by atoms with E-state index in [0.717, 1.165) is 14.4 Å². The van der Waals surface area contributed by atoms with Gasteiger partial charge < -0.3 is 5.32 Å². The molecule has 1 N–H and O–H groups in total. The van der Waals surface area contributed by atoms with Gasteiger partial charge in [0, 0.05) is 11.8 Å². The first kappa shape index (κ1) is 19.0. The van der Waals surface area contributed by atoms with E-state index in [1.165, 1.54) is 23.1 Å². The van der Waals surface area contributed by atoms with Gasteiger partial charge in [0.05, 0.1) is 16.8 Å². The molecule has 2 atom stereocenters. The zero-order valence-corrected chi connectivity index (χ0v) is 16.6. The lowest BCUT2D eigenvalue weighted by molar-refractivity contribution is -0.120. The Morgan fingerprint density at radius 2 is 2.04 bits per heavy atom. The van der Waals surface area contributed by atoms with E-state index < -0.39 is 9.84 Å². The Morgan fingerprint density at radius 1 is 1.35 bits per heavy atom. The molecule has 1 aromatic heterocycles. The SMILES string of the molecule is CC(C)CSc1nnc(S[C@H](C)C(=O)N[C@H]2CCS(=O)(=O)C2)s1. The average molecular weight is 396 g/mol. The number of nitrogens with zero attached hydrogens (tertiary/aromatic N) is 2. The zero-order valence-electron chi connectivity index (χ0n) is 13.3. The van der Waals surface area contributed by atoms with Gasteiger partial charge in [-0.05, 0) is 19.3 Å². The van der Waals surface area contributed by atoms with E-state index in [0.29, 0.717) is 12.3 Å². The first-order chi connectivity index (χ1) is 10.7. The monoisotopic (exact) mass is 395 g/mol. The number of carbonyl (C=O) groups is 1. The van der Waals surface area contributed by atoms with Gasteiger partial charge >= 0.3 is 0 Å². The Bertz CT molecular complexity index is 645. The molecule has 10 heteroatoms. The standard InChI is InChI=1S/C13H21N3O3S4/c1-8(2)6-20-12-15-16-13(22-12)21-9(3)11(17)14-10-4-5-23(18,19)7-10/h8-10H,4-7H2,1-3H3,(H,14,17)/t9-,10+/m1/s1. The maximum Gasteiger partial charge on any atom is 0.233 e. The molecule has 130 valence electrons. The molecule has 23 heavy (non-hydrogen) atoms. The summed E-state index contributed by atoms with van der Waals surface area (Å²) in [5, 5.41) is 10.7. The van der Waals surface area contributed by atoms with Crippen LogP contribution in [-0.4, -0.2) is 53.1 Å². The van der Waals surface area contributed by atoms with Gasteiger partial charge in [0.2, 0.25) is 5.91 Å². The minimum Gasteiger partial charge on any atom is -0.351 e. The molecule has 2 heterocycles. The van der Waals surface area contributed by atoms with Gasteiger partial charge in [-0.3, -0.25) is 4.79 Å². The summed E-state index contributed by atoms with van der Waals surface area (Å²) in [5.41, 5.74) is 0. The Morgan fingerprint density at radius 3 is 2.65 bits per heavy atom. The quantitative estimate of drug-likeness (QED) is 0.707. The number of amides is 1. The first-order valence-electron chi connectivity index (χ1n) is 7.39. The van der Waals surface area contributed by atoms with Crippen LogP contribution in [0.15, 0.2) is 8.68 Å². The van der Waals surface area contributed by atoms with Crippen molar-refractivity contribution >= 4 is 50.6 Å². The number of aromatic nitrogens is 2. The highest BCUT2D eigenvalue weighted by Gasteiger charge is 2.30. The van der Waals surface area contributed by atoms with Crippen LogP contribution < -0.4 is 5.32 Å². The number of nitrogens with one attached hydrogen (secondary N) is 1. The number of hydrogen-bond acceptors (Lipinski definition) is 8.